The summed E-state index contributed by atoms with van der Waals surface area (Å²) < 4.78 is 0. The average molecular weight is 366 g/mol. The summed E-state index contributed by atoms with van der Waals surface area (Å²) in [6.07, 6.45) is 6.60. The SMILES string of the molecule is Cc1nc(-c2ccccc2)c(C(=O)NC(C)CCCc2cccnc2)s1. The molecule has 0 saturated carbocycles. The van der Waals surface area contributed by atoms with Crippen LogP contribution in [-0.4, -0.2) is 21.9 Å². The number of thiazole rings is 1. The van der Waals surface area contributed by atoms with Gasteiger partial charge in [-0.2, -0.15) is 0 Å². The minimum atomic E-state index is -0.0386. The van der Waals surface area contributed by atoms with Crippen molar-refractivity contribution in [2.45, 2.75) is 39.2 Å². The zero-order valence-corrected chi connectivity index (χ0v) is 15.9. The van der Waals surface area contributed by atoms with Crippen LogP contribution in [0.2, 0.25) is 0 Å². The Morgan fingerprint density at radius 2 is 2.00 bits per heavy atom. The molecule has 1 atom stereocenters. The van der Waals surface area contributed by atoms with E-state index in [0.717, 1.165) is 35.5 Å². The fraction of sp³-hybridized carbons (Fsp3) is 0.286. The van der Waals surface area contributed by atoms with E-state index in [1.807, 2.05) is 49.5 Å². The van der Waals surface area contributed by atoms with E-state index in [1.165, 1.54) is 16.9 Å². The van der Waals surface area contributed by atoms with Gasteiger partial charge in [-0.25, -0.2) is 4.98 Å². The van der Waals surface area contributed by atoms with Gasteiger partial charge in [-0.05, 0) is 44.7 Å². The molecule has 26 heavy (non-hydrogen) atoms. The Kier molecular flexibility index (Phi) is 6.12. The predicted molar refractivity (Wildman–Crippen MR) is 106 cm³/mol. The Morgan fingerprint density at radius 3 is 2.73 bits per heavy atom. The number of aromatic nitrogens is 2. The van der Waals surface area contributed by atoms with Crippen LogP contribution in [0.1, 0.15) is 40.0 Å². The Hall–Kier alpha value is -2.53. The predicted octanol–water partition coefficient (Wildman–Crippen LogP) is 4.65. The van der Waals surface area contributed by atoms with Gasteiger partial charge in [0.2, 0.25) is 0 Å². The highest BCUT2D eigenvalue weighted by atomic mass is 32.1. The summed E-state index contributed by atoms with van der Waals surface area (Å²) in [6, 6.07) is 14.0. The summed E-state index contributed by atoms with van der Waals surface area (Å²) >= 11 is 1.45. The third-order valence-electron chi connectivity index (χ3n) is 4.19. The largest absolute Gasteiger partial charge is 0.349 e. The second kappa shape index (κ2) is 8.72. The van der Waals surface area contributed by atoms with Crippen LogP contribution in [0, 0.1) is 6.92 Å². The number of amides is 1. The standard InChI is InChI=1S/C21H23N3OS/c1-15(8-6-9-17-10-7-13-22-14-17)23-21(25)20-19(24-16(2)26-20)18-11-4-3-5-12-18/h3-5,7,10-15H,6,8-9H2,1-2H3,(H,23,25). The molecule has 1 unspecified atom stereocenters. The van der Waals surface area contributed by atoms with E-state index in [0.29, 0.717) is 4.88 Å². The summed E-state index contributed by atoms with van der Waals surface area (Å²) in [6.45, 7) is 3.99. The maximum Gasteiger partial charge on any atom is 0.263 e. The second-order valence-corrected chi connectivity index (χ2v) is 7.61. The highest BCUT2D eigenvalue weighted by molar-refractivity contribution is 7.14. The monoisotopic (exact) mass is 365 g/mol. The van der Waals surface area contributed by atoms with E-state index in [-0.39, 0.29) is 11.9 Å². The normalized spacial score (nSPS) is 11.9. The highest BCUT2D eigenvalue weighted by Gasteiger charge is 2.19. The summed E-state index contributed by atoms with van der Waals surface area (Å²) in [5, 5.41) is 4.02. The van der Waals surface area contributed by atoms with E-state index in [9.17, 15) is 4.79 Å². The smallest absolute Gasteiger partial charge is 0.263 e. The van der Waals surface area contributed by atoms with Crippen LogP contribution in [-0.2, 0) is 6.42 Å². The number of benzene rings is 1. The van der Waals surface area contributed by atoms with Crippen LogP contribution < -0.4 is 5.32 Å². The van der Waals surface area contributed by atoms with Crippen LogP contribution in [0.15, 0.2) is 54.9 Å². The molecule has 0 fully saturated rings. The molecule has 0 aliphatic heterocycles. The van der Waals surface area contributed by atoms with Gasteiger partial charge in [0.15, 0.2) is 0 Å². The molecule has 1 aromatic carbocycles. The van der Waals surface area contributed by atoms with Gasteiger partial charge in [-0.15, -0.1) is 11.3 Å². The van der Waals surface area contributed by atoms with Crippen LogP contribution in [0.3, 0.4) is 0 Å². The van der Waals surface area contributed by atoms with Crippen molar-refractivity contribution >= 4 is 17.2 Å². The minimum absolute atomic E-state index is 0.0386. The lowest BCUT2D eigenvalue weighted by atomic mass is 10.1. The number of carbonyl (C=O) groups excluding carboxylic acids is 1. The van der Waals surface area contributed by atoms with Gasteiger partial charge in [0, 0.05) is 24.0 Å². The average Bonchev–Trinajstić information content (AvgIpc) is 3.05. The van der Waals surface area contributed by atoms with Crippen LogP contribution in [0.25, 0.3) is 11.3 Å². The molecule has 0 bridgehead atoms. The van der Waals surface area contributed by atoms with E-state index in [2.05, 4.69) is 28.3 Å². The quantitative estimate of drug-likeness (QED) is 0.663. The molecular formula is C21H23N3OS. The zero-order valence-electron chi connectivity index (χ0n) is 15.1. The highest BCUT2D eigenvalue weighted by Crippen LogP contribution is 2.28. The molecule has 2 heterocycles. The van der Waals surface area contributed by atoms with Gasteiger partial charge in [0.05, 0.1) is 10.7 Å². The van der Waals surface area contributed by atoms with E-state index >= 15 is 0 Å². The summed E-state index contributed by atoms with van der Waals surface area (Å²) in [4.78, 5) is 22.1. The third-order valence-corrected chi connectivity index (χ3v) is 5.16. The fourth-order valence-corrected chi connectivity index (χ4v) is 3.74. The number of rotatable bonds is 7. The Balaban J connectivity index is 1.59. The molecule has 4 nitrogen and oxygen atoms in total. The molecule has 0 radical (unpaired) electrons. The first-order valence-corrected chi connectivity index (χ1v) is 9.68. The first-order valence-electron chi connectivity index (χ1n) is 8.86. The Labute approximate surface area is 158 Å². The van der Waals surface area contributed by atoms with Crippen molar-refractivity contribution < 1.29 is 4.79 Å². The van der Waals surface area contributed by atoms with Crippen LogP contribution in [0.5, 0.6) is 0 Å². The summed E-state index contributed by atoms with van der Waals surface area (Å²) in [7, 11) is 0. The van der Waals surface area contributed by atoms with Gasteiger partial charge < -0.3 is 5.32 Å². The maximum absolute atomic E-state index is 12.7. The summed E-state index contributed by atoms with van der Waals surface area (Å²) in [5.41, 5.74) is 2.98. The lowest BCUT2D eigenvalue weighted by molar-refractivity contribution is 0.0942. The van der Waals surface area contributed by atoms with Crippen LogP contribution >= 0.6 is 11.3 Å². The van der Waals surface area contributed by atoms with Crippen molar-refractivity contribution in [3.8, 4) is 11.3 Å². The number of nitrogens with zero attached hydrogens (tertiary/aromatic N) is 2. The van der Waals surface area contributed by atoms with E-state index in [1.54, 1.807) is 6.20 Å². The van der Waals surface area contributed by atoms with Gasteiger partial charge in [-0.3, -0.25) is 9.78 Å². The fourth-order valence-electron chi connectivity index (χ4n) is 2.89. The molecule has 5 heteroatoms. The lowest BCUT2D eigenvalue weighted by Gasteiger charge is -2.13. The Bertz CT molecular complexity index is 846. The molecule has 1 N–H and O–H groups in total. The summed E-state index contributed by atoms with van der Waals surface area (Å²) in [5.74, 6) is -0.0386. The number of carbonyl (C=O) groups is 1. The van der Waals surface area contributed by atoms with Crippen molar-refractivity contribution in [3.63, 3.8) is 0 Å². The van der Waals surface area contributed by atoms with Crippen molar-refractivity contribution in [2.24, 2.45) is 0 Å². The number of aryl methyl sites for hydroxylation is 2. The topological polar surface area (TPSA) is 54.9 Å². The molecule has 2 aromatic heterocycles. The second-order valence-electron chi connectivity index (χ2n) is 6.40. The van der Waals surface area contributed by atoms with Gasteiger partial charge >= 0.3 is 0 Å². The minimum Gasteiger partial charge on any atom is -0.349 e. The zero-order chi connectivity index (χ0) is 18.4. The van der Waals surface area contributed by atoms with E-state index < -0.39 is 0 Å². The van der Waals surface area contributed by atoms with Crippen molar-refractivity contribution in [1.82, 2.24) is 15.3 Å². The maximum atomic E-state index is 12.7. The molecule has 0 aliphatic carbocycles. The van der Waals surface area contributed by atoms with Crippen molar-refractivity contribution in [1.29, 1.82) is 0 Å². The molecule has 0 aliphatic rings. The van der Waals surface area contributed by atoms with Crippen LogP contribution in [0.4, 0.5) is 0 Å². The number of pyridine rings is 1. The molecule has 3 aromatic rings. The molecule has 3 rings (SSSR count). The first-order chi connectivity index (χ1) is 12.6. The van der Waals surface area contributed by atoms with Gasteiger partial charge in [-0.1, -0.05) is 36.4 Å². The van der Waals surface area contributed by atoms with Crippen molar-refractivity contribution in [2.75, 3.05) is 0 Å². The van der Waals surface area contributed by atoms with E-state index in [4.69, 9.17) is 0 Å². The molecule has 0 saturated heterocycles. The molecule has 1 amide bonds. The number of nitrogens with one attached hydrogen (secondary N) is 1. The first kappa shape index (κ1) is 18.3. The molecule has 134 valence electrons. The Morgan fingerprint density at radius 1 is 1.19 bits per heavy atom. The number of hydrogen-bond donors (Lipinski definition) is 1. The molecular weight excluding hydrogens is 342 g/mol. The third kappa shape index (κ3) is 4.76. The molecule has 0 spiro atoms. The number of hydrogen-bond acceptors (Lipinski definition) is 4. The van der Waals surface area contributed by atoms with Gasteiger partial charge in [0.1, 0.15) is 4.88 Å². The van der Waals surface area contributed by atoms with Gasteiger partial charge in [0.25, 0.3) is 5.91 Å². The lowest BCUT2D eigenvalue weighted by Crippen LogP contribution is -2.32. The van der Waals surface area contributed by atoms with Crippen molar-refractivity contribution in [3.05, 3.63) is 70.3 Å².